The van der Waals surface area contributed by atoms with E-state index < -0.39 is 17.7 Å². The Labute approximate surface area is 216 Å². The molecule has 0 saturated carbocycles. The predicted molar refractivity (Wildman–Crippen MR) is 142 cm³/mol. The summed E-state index contributed by atoms with van der Waals surface area (Å²) in [5.41, 5.74) is 2.24. The maximum absolute atomic E-state index is 13.2. The standard InChI is InChI=1S/C28H35BrN2O4/c1-6-30(7-2)14-15-31-25(20-8-11-22(29)12-9-20)24(27(33)28(31)34)26(32)21-10-13-23(19(5)16-21)35-17-18(3)4/h8-13,16,18,25,32H,6-7,14-15,17H2,1-5H3/b26-24+/t25-/m1/s1. The Kier molecular flexibility index (Phi) is 9.14. The predicted octanol–water partition coefficient (Wildman–Crippen LogP) is 5.56. The molecule has 0 unspecified atom stereocenters. The first-order chi connectivity index (χ1) is 16.7. The van der Waals surface area contributed by atoms with E-state index in [2.05, 4.69) is 48.5 Å². The summed E-state index contributed by atoms with van der Waals surface area (Å²) in [7, 11) is 0. The summed E-state index contributed by atoms with van der Waals surface area (Å²) in [6.07, 6.45) is 0. The summed E-state index contributed by atoms with van der Waals surface area (Å²) in [6.45, 7) is 13.5. The zero-order valence-corrected chi connectivity index (χ0v) is 22.8. The highest BCUT2D eigenvalue weighted by molar-refractivity contribution is 9.10. The number of carbonyl (C=O) groups excluding carboxylic acids is 2. The van der Waals surface area contributed by atoms with Crippen LogP contribution in [-0.4, -0.2) is 59.4 Å². The van der Waals surface area contributed by atoms with Crippen molar-refractivity contribution in [1.29, 1.82) is 0 Å². The number of aryl methyl sites for hydroxylation is 1. The molecule has 2 aromatic rings. The van der Waals surface area contributed by atoms with Gasteiger partial charge in [0.05, 0.1) is 18.2 Å². The zero-order chi connectivity index (χ0) is 25.7. The molecule has 0 spiro atoms. The van der Waals surface area contributed by atoms with Crippen LogP contribution in [0, 0.1) is 12.8 Å². The molecule has 1 saturated heterocycles. The molecule has 1 atom stereocenters. The molecule has 1 amide bonds. The van der Waals surface area contributed by atoms with Crippen molar-refractivity contribution in [3.05, 3.63) is 69.2 Å². The van der Waals surface area contributed by atoms with Gasteiger partial charge in [-0.3, -0.25) is 9.59 Å². The van der Waals surface area contributed by atoms with Gasteiger partial charge in [0.1, 0.15) is 11.5 Å². The van der Waals surface area contributed by atoms with E-state index in [4.69, 9.17) is 4.74 Å². The fourth-order valence-corrected chi connectivity index (χ4v) is 4.53. The molecule has 0 aliphatic carbocycles. The lowest BCUT2D eigenvalue weighted by atomic mass is 9.95. The van der Waals surface area contributed by atoms with Gasteiger partial charge in [0.2, 0.25) is 0 Å². The van der Waals surface area contributed by atoms with Crippen LogP contribution < -0.4 is 4.74 Å². The van der Waals surface area contributed by atoms with Gasteiger partial charge in [0.25, 0.3) is 11.7 Å². The highest BCUT2D eigenvalue weighted by atomic mass is 79.9. The largest absolute Gasteiger partial charge is 0.507 e. The summed E-state index contributed by atoms with van der Waals surface area (Å²) >= 11 is 3.45. The fourth-order valence-electron chi connectivity index (χ4n) is 4.26. The quantitative estimate of drug-likeness (QED) is 0.242. The number of Topliss-reactive ketones (excluding diaryl/α,β-unsaturated/α-hetero) is 1. The Bertz CT molecular complexity index is 1090. The number of aliphatic hydroxyl groups excluding tert-OH is 1. The number of hydrogen-bond donors (Lipinski definition) is 1. The molecule has 2 aromatic carbocycles. The van der Waals surface area contributed by atoms with Crippen LogP contribution in [0.4, 0.5) is 0 Å². The van der Waals surface area contributed by atoms with Crippen molar-refractivity contribution >= 4 is 33.4 Å². The number of likely N-dealkylation sites (N-methyl/N-ethyl adjacent to an activating group) is 1. The third-order valence-electron chi connectivity index (χ3n) is 6.30. The number of ether oxygens (including phenoxy) is 1. The van der Waals surface area contributed by atoms with E-state index in [1.165, 1.54) is 0 Å². The lowest BCUT2D eigenvalue weighted by Crippen LogP contribution is -2.38. The molecule has 1 fully saturated rings. The molecule has 1 aliphatic rings. The van der Waals surface area contributed by atoms with E-state index in [-0.39, 0.29) is 11.3 Å². The number of benzene rings is 2. The summed E-state index contributed by atoms with van der Waals surface area (Å²) in [6, 6.07) is 12.2. The third-order valence-corrected chi connectivity index (χ3v) is 6.83. The van der Waals surface area contributed by atoms with Crippen LogP contribution in [0.25, 0.3) is 5.76 Å². The minimum absolute atomic E-state index is 0.118. The van der Waals surface area contributed by atoms with Crippen molar-refractivity contribution in [2.45, 2.75) is 40.7 Å². The van der Waals surface area contributed by atoms with Crippen molar-refractivity contribution < 1.29 is 19.4 Å². The van der Waals surface area contributed by atoms with Crippen LogP contribution in [0.2, 0.25) is 0 Å². The number of nitrogens with zero attached hydrogens (tertiary/aromatic N) is 2. The Morgan fingerprint density at radius 1 is 1.11 bits per heavy atom. The van der Waals surface area contributed by atoms with Crippen LogP contribution in [0.1, 0.15) is 50.4 Å². The fraction of sp³-hybridized carbons (Fsp3) is 0.429. The molecule has 1 N–H and O–H groups in total. The van der Waals surface area contributed by atoms with Crippen LogP contribution >= 0.6 is 15.9 Å². The molecule has 1 aliphatic heterocycles. The van der Waals surface area contributed by atoms with Gasteiger partial charge in [-0.1, -0.05) is 55.8 Å². The maximum Gasteiger partial charge on any atom is 0.295 e. The van der Waals surface area contributed by atoms with Gasteiger partial charge >= 0.3 is 0 Å². The van der Waals surface area contributed by atoms with Gasteiger partial charge in [-0.05, 0) is 67.4 Å². The monoisotopic (exact) mass is 542 g/mol. The van der Waals surface area contributed by atoms with E-state index >= 15 is 0 Å². The molecular weight excluding hydrogens is 508 g/mol. The average molecular weight is 544 g/mol. The second kappa shape index (κ2) is 11.9. The Morgan fingerprint density at radius 3 is 2.34 bits per heavy atom. The molecule has 7 heteroatoms. The van der Waals surface area contributed by atoms with Gasteiger partial charge < -0.3 is 19.6 Å². The molecule has 0 radical (unpaired) electrons. The zero-order valence-electron chi connectivity index (χ0n) is 21.2. The first-order valence-electron chi connectivity index (χ1n) is 12.2. The number of ketones is 1. The topological polar surface area (TPSA) is 70.1 Å². The average Bonchev–Trinajstić information content (AvgIpc) is 3.08. The minimum atomic E-state index is -0.659. The van der Waals surface area contributed by atoms with Crippen LogP contribution in [0.3, 0.4) is 0 Å². The molecule has 1 heterocycles. The number of aliphatic hydroxyl groups is 1. The third kappa shape index (κ3) is 6.14. The molecular formula is C28H35BrN2O4. The second-order valence-electron chi connectivity index (χ2n) is 9.26. The highest BCUT2D eigenvalue weighted by Gasteiger charge is 2.46. The smallest absolute Gasteiger partial charge is 0.295 e. The van der Waals surface area contributed by atoms with Crippen molar-refractivity contribution in [1.82, 2.24) is 9.80 Å². The van der Waals surface area contributed by atoms with E-state index in [0.29, 0.717) is 31.2 Å². The first kappa shape index (κ1) is 27.0. The van der Waals surface area contributed by atoms with Crippen LogP contribution in [0.5, 0.6) is 5.75 Å². The molecule has 35 heavy (non-hydrogen) atoms. The summed E-state index contributed by atoms with van der Waals surface area (Å²) < 4.78 is 6.75. The summed E-state index contributed by atoms with van der Waals surface area (Å²) in [5.74, 6) is -0.284. The highest BCUT2D eigenvalue weighted by Crippen LogP contribution is 2.40. The van der Waals surface area contributed by atoms with Gasteiger partial charge in [0.15, 0.2) is 0 Å². The van der Waals surface area contributed by atoms with E-state index in [0.717, 1.165) is 34.4 Å². The molecule has 0 bridgehead atoms. The van der Waals surface area contributed by atoms with Gasteiger partial charge in [-0.25, -0.2) is 0 Å². The van der Waals surface area contributed by atoms with Gasteiger partial charge in [-0.2, -0.15) is 0 Å². The molecule has 0 aromatic heterocycles. The number of carbonyl (C=O) groups is 2. The van der Waals surface area contributed by atoms with Gasteiger partial charge in [0, 0.05) is 23.1 Å². The second-order valence-corrected chi connectivity index (χ2v) is 10.2. The summed E-state index contributed by atoms with van der Waals surface area (Å²) in [4.78, 5) is 30.2. The Morgan fingerprint density at radius 2 is 1.77 bits per heavy atom. The number of halogens is 1. The lowest BCUT2D eigenvalue weighted by Gasteiger charge is -2.28. The normalized spacial score (nSPS) is 17.6. The van der Waals surface area contributed by atoms with Crippen molar-refractivity contribution in [3.63, 3.8) is 0 Å². The first-order valence-corrected chi connectivity index (χ1v) is 13.0. The minimum Gasteiger partial charge on any atom is -0.507 e. The Balaban J connectivity index is 2.04. The SMILES string of the molecule is CCN(CC)CCN1C(=O)C(=O)/C(=C(/O)c2ccc(OCC(C)C)c(C)c2)[C@H]1c1ccc(Br)cc1. The summed E-state index contributed by atoms with van der Waals surface area (Å²) in [5, 5.41) is 11.3. The number of hydrogen-bond acceptors (Lipinski definition) is 5. The van der Waals surface area contributed by atoms with Crippen LogP contribution in [-0.2, 0) is 9.59 Å². The van der Waals surface area contributed by atoms with E-state index in [1.54, 1.807) is 23.1 Å². The van der Waals surface area contributed by atoms with Gasteiger partial charge in [-0.15, -0.1) is 0 Å². The number of likely N-dealkylation sites (tertiary alicyclic amines) is 1. The van der Waals surface area contributed by atoms with Crippen molar-refractivity contribution in [2.75, 3.05) is 32.8 Å². The molecule has 3 rings (SSSR count). The maximum atomic E-state index is 13.2. The Hall–Kier alpha value is -2.64. The number of rotatable bonds is 10. The van der Waals surface area contributed by atoms with E-state index in [1.807, 2.05) is 31.2 Å². The number of amides is 1. The molecule has 188 valence electrons. The van der Waals surface area contributed by atoms with Crippen molar-refractivity contribution in [3.8, 4) is 5.75 Å². The van der Waals surface area contributed by atoms with Crippen LogP contribution in [0.15, 0.2) is 52.5 Å². The van der Waals surface area contributed by atoms with E-state index in [9.17, 15) is 14.7 Å². The van der Waals surface area contributed by atoms with Crippen molar-refractivity contribution in [2.24, 2.45) is 5.92 Å². The lowest BCUT2D eigenvalue weighted by molar-refractivity contribution is -0.140. The molecule has 6 nitrogen and oxygen atoms in total.